The molecule has 0 aliphatic carbocycles. The summed E-state index contributed by atoms with van der Waals surface area (Å²) in [6.45, 7) is 6.61. The third-order valence-electron chi connectivity index (χ3n) is 16.5. The molecule has 0 aromatic carbocycles. The van der Waals surface area contributed by atoms with E-state index in [1.165, 1.54) is 250 Å². The molecule has 0 N–H and O–H groups in total. The zero-order valence-corrected chi connectivity index (χ0v) is 55.7. The maximum atomic E-state index is 12.9. The fourth-order valence-electron chi connectivity index (χ4n) is 10.9. The number of ether oxygens (including phenoxy) is 3. The molecule has 83 heavy (non-hydrogen) atoms. The van der Waals surface area contributed by atoms with E-state index in [0.29, 0.717) is 19.3 Å². The zero-order valence-electron chi connectivity index (χ0n) is 55.7. The van der Waals surface area contributed by atoms with Gasteiger partial charge in [0, 0.05) is 19.3 Å². The second-order valence-corrected chi connectivity index (χ2v) is 24.9. The van der Waals surface area contributed by atoms with E-state index < -0.39 is 6.10 Å². The summed E-state index contributed by atoms with van der Waals surface area (Å²) in [5, 5.41) is 0. The van der Waals surface area contributed by atoms with E-state index in [9.17, 15) is 14.4 Å². The van der Waals surface area contributed by atoms with Crippen molar-refractivity contribution in [1.82, 2.24) is 0 Å². The minimum atomic E-state index is -0.788. The summed E-state index contributed by atoms with van der Waals surface area (Å²) >= 11 is 0. The molecule has 0 aliphatic heterocycles. The maximum absolute atomic E-state index is 12.9. The minimum absolute atomic E-state index is 0.0810. The predicted octanol–water partition coefficient (Wildman–Crippen LogP) is 25.5. The van der Waals surface area contributed by atoms with Gasteiger partial charge in [-0.2, -0.15) is 0 Å². The van der Waals surface area contributed by atoms with Gasteiger partial charge in [0.2, 0.25) is 0 Å². The van der Waals surface area contributed by atoms with E-state index in [0.717, 1.165) is 103 Å². The molecule has 484 valence electrons. The molecule has 0 aromatic rings. The van der Waals surface area contributed by atoms with Gasteiger partial charge in [0.25, 0.3) is 0 Å². The molecule has 0 spiro atoms. The summed E-state index contributed by atoms with van der Waals surface area (Å²) in [4.78, 5) is 38.4. The zero-order chi connectivity index (χ0) is 59.9. The van der Waals surface area contributed by atoms with E-state index in [4.69, 9.17) is 14.2 Å². The van der Waals surface area contributed by atoms with Crippen LogP contribution in [-0.4, -0.2) is 37.2 Å². The van der Waals surface area contributed by atoms with E-state index in [-0.39, 0.29) is 31.1 Å². The van der Waals surface area contributed by atoms with Gasteiger partial charge < -0.3 is 14.2 Å². The Morgan fingerprint density at radius 3 is 0.735 bits per heavy atom. The van der Waals surface area contributed by atoms with Crippen molar-refractivity contribution in [3.63, 3.8) is 0 Å². The van der Waals surface area contributed by atoms with E-state index in [2.05, 4.69) is 81.5 Å². The van der Waals surface area contributed by atoms with Crippen LogP contribution in [0.5, 0.6) is 0 Å². The van der Waals surface area contributed by atoms with Crippen molar-refractivity contribution in [2.45, 2.75) is 399 Å². The minimum Gasteiger partial charge on any atom is -0.462 e. The van der Waals surface area contributed by atoms with Gasteiger partial charge in [-0.3, -0.25) is 14.4 Å². The molecule has 0 radical (unpaired) electrons. The molecule has 0 heterocycles. The first-order chi connectivity index (χ1) is 41.0. The fraction of sp³-hybridized carbons (Fsp3) is 0.831. The third kappa shape index (κ3) is 69.8. The van der Waals surface area contributed by atoms with Crippen molar-refractivity contribution in [3.05, 3.63) is 60.8 Å². The summed E-state index contributed by atoms with van der Waals surface area (Å²) < 4.78 is 17.0. The number of hydrogen-bond donors (Lipinski definition) is 0. The molecule has 0 aromatic heterocycles. The Morgan fingerprint density at radius 2 is 0.446 bits per heavy atom. The van der Waals surface area contributed by atoms with Gasteiger partial charge in [-0.05, 0) is 83.5 Å². The molecule has 0 bridgehead atoms. The molecule has 0 fully saturated rings. The average molecular weight is 1160 g/mol. The highest BCUT2D eigenvalue weighted by Crippen LogP contribution is 2.19. The lowest BCUT2D eigenvalue weighted by Crippen LogP contribution is -2.30. The number of carbonyl (C=O) groups is 3. The Bertz CT molecular complexity index is 1470. The van der Waals surface area contributed by atoms with Crippen LogP contribution in [0, 0.1) is 0 Å². The van der Waals surface area contributed by atoms with Crippen LogP contribution in [0.4, 0.5) is 0 Å². The topological polar surface area (TPSA) is 78.9 Å². The lowest BCUT2D eigenvalue weighted by Gasteiger charge is -2.18. The summed E-state index contributed by atoms with van der Waals surface area (Å²) in [6.07, 6.45) is 92.7. The number of carbonyl (C=O) groups excluding carboxylic acids is 3. The van der Waals surface area contributed by atoms with E-state index in [1.54, 1.807) is 0 Å². The van der Waals surface area contributed by atoms with Crippen molar-refractivity contribution in [2.24, 2.45) is 0 Å². The molecule has 0 rings (SSSR count). The molecule has 0 saturated heterocycles. The molecule has 0 amide bonds. The van der Waals surface area contributed by atoms with Crippen molar-refractivity contribution in [2.75, 3.05) is 13.2 Å². The normalized spacial score (nSPS) is 12.4. The summed E-state index contributed by atoms with van der Waals surface area (Å²) in [7, 11) is 0. The highest BCUT2D eigenvalue weighted by Gasteiger charge is 2.19. The lowest BCUT2D eigenvalue weighted by atomic mass is 10.0. The third-order valence-corrected chi connectivity index (χ3v) is 16.5. The average Bonchev–Trinajstić information content (AvgIpc) is 3.49. The highest BCUT2D eigenvalue weighted by atomic mass is 16.6. The van der Waals surface area contributed by atoms with Gasteiger partial charge in [-0.15, -0.1) is 0 Å². The molecular weight excluding hydrogens is 1020 g/mol. The summed E-state index contributed by atoms with van der Waals surface area (Å²) in [5.41, 5.74) is 0. The highest BCUT2D eigenvalue weighted by molar-refractivity contribution is 5.71. The first kappa shape index (κ1) is 80.1. The first-order valence-corrected chi connectivity index (χ1v) is 36.8. The van der Waals surface area contributed by atoms with Crippen LogP contribution in [0.1, 0.15) is 393 Å². The van der Waals surface area contributed by atoms with Crippen molar-refractivity contribution < 1.29 is 28.6 Å². The number of unbranched alkanes of at least 4 members (excludes halogenated alkanes) is 47. The number of allylic oxidation sites excluding steroid dienone is 10. The Hall–Kier alpha value is -2.89. The quantitative estimate of drug-likeness (QED) is 0.0261. The van der Waals surface area contributed by atoms with Crippen molar-refractivity contribution in [1.29, 1.82) is 0 Å². The lowest BCUT2D eigenvalue weighted by molar-refractivity contribution is -0.167. The van der Waals surface area contributed by atoms with Crippen LogP contribution in [0.3, 0.4) is 0 Å². The van der Waals surface area contributed by atoms with Gasteiger partial charge in [0.05, 0.1) is 0 Å². The monoisotopic (exact) mass is 1160 g/mol. The van der Waals surface area contributed by atoms with Gasteiger partial charge in [0.1, 0.15) is 13.2 Å². The van der Waals surface area contributed by atoms with Crippen LogP contribution in [0.2, 0.25) is 0 Å². The first-order valence-electron chi connectivity index (χ1n) is 36.8. The van der Waals surface area contributed by atoms with E-state index >= 15 is 0 Å². The maximum Gasteiger partial charge on any atom is 0.306 e. The smallest absolute Gasteiger partial charge is 0.306 e. The fourth-order valence-corrected chi connectivity index (χ4v) is 10.9. The molecule has 0 saturated carbocycles. The molecule has 6 heteroatoms. The second kappa shape index (κ2) is 71.6. The van der Waals surface area contributed by atoms with Crippen LogP contribution >= 0.6 is 0 Å². The Kier molecular flexibility index (Phi) is 69.1. The number of esters is 3. The largest absolute Gasteiger partial charge is 0.462 e. The van der Waals surface area contributed by atoms with Crippen molar-refractivity contribution >= 4 is 17.9 Å². The Labute approximate surface area is 517 Å². The molecular formula is C77H140O6. The second-order valence-electron chi connectivity index (χ2n) is 24.9. The van der Waals surface area contributed by atoms with Crippen LogP contribution in [-0.2, 0) is 28.6 Å². The van der Waals surface area contributed by atoms with E-state index in [1.807, 2.05) is 0 Å². The molecule has 1 atom stereocenters. The Morgan fingerprint density at radius 1 is 0.241 bits per heavy atom. The van der Waals surface area contributed by atoms with Crippen molar-refractivity contribution in [3.8, 4) is 0 Å². The van der Waals surface area contributed by atoms with Crippen LogP contribution in [0.25, 0.3) is 0 Å². The SMILES string of the molecule is CCCC/C=C\C/C=C\CCCCCCCC(=O)OCC(COC(=O)CCCCCCCCCCCCCCCCCCCCCCCCCCCCCCCCCC)OC(=O)CCCCCCCC/C=C\C/C=C\C/C=C\CCCCC. The van der Waals surface area contributed by atoms with Gasteiger partial charge in [-0.25, -0.2) is 0 Å². The Balaban J connectivity index is 4.18. The van der Waals surface area contributed by atoms with Crippen LogP contribution < -0.4 is 0 Å². The van der Waals surface area contributed by atoms with Gasteiger partial charge in [-0.1, -0.05) is 351 Å². The predicted molar refractivity (Wildman–Crippen MR) is 362 cm³/mol. The summed E-state index contributed by atoms with van der Waals surface area (Å²) in [6, 6.07) is 0. The standard InChI is InChI=1S/C77H140O6/c1-4-7-10-13-16-19-22-25-28-30-32-33-34-35-36-37-38-39-40-41-42-43-44-46-47-49-52-55-58-61-64-67-70-76(79)82-73-74(72-81-75(78)69-66-63-60-57-54-51-27-24-21-18-15-12-9-6-3)83-77(80)71-68-65-62-59-56-53-50-48-45-31-29-26-23-20-17-14-11-8-5-2/h15,17-18,20,24,26-27,29,45,48,74H,4-14,16,19,21-23,25,28,30-44,46-47,49-73H2,1-3H3/b18-15-,20-17-,27-24-,29-26-,48-45-. The summed E-state index contributed by atoms with van der Waals surface area (Å²) in [5.74, 6) is -0.886. The number of rotatable bonds is 68. The molecule has 0 aliphatic rings. The number of hydrogen-bond acceptors (Lipinski definition) is 6. The van der Waals surface area contributed by atoms with Gasteiger partial charge >= 0.3 is 17.9 Å². The van der Waals surface area contributed by atoms with Gasteiger partial charge in [0.15, 0.2) is 6.10 Å². The molecule has 6 nitrogen and oxygen atoms in total. The van der Waals surface area contributed by atoms with Crippen LogP contribution in [0.15, 0.2) is 60.8 Å². The molecule has 1 unspecified atom stereocenters.